The molecule has 1 atom stereocenters. The summed E-state index contributed by atoms with van der Waals surface area (Å²) in [5.74, 6) is 1.88. The second-order valence-electron chi connectivity index (χ2n) is 12.5. The number of benzene rings is 1. The number of hydrogen-bond acceptors (Lipinski definition) is 3. The topological polar surface area (TPSA) is 40.6 Å². The predicted molar refractivity (Wildman–Crippen MR) is 144 cm³/mol. The highest BCUT2D eigenvalue weighted by Gasteiger charge is 2.43. The minimum Gasteiger partial charge on any atom is -0.461 e. The van der Waals surface area contributed by atoms with E-state index in [1.807, 2.05) is 18.2 Å². The van der Waals surface area contributed by atoms with Crippen LogP contribution in [0.25, 0.3) is 10.9 Å². The Morgan fingerprint density at radius 1 is 1.20 bits per heavy atom. The van der Waals surface area contributed by atoms with Crippen LogP contribution in [0.15, 0.2) is 53.1 Å². The molecular formula is C31H37N3O. The Morgan fingerprint density at radius 2 is 1.91 bits per heavy atom. The second-order valence-corrected chi connectivity index (χ2v) is 12.5. The molecule has 3 aliphatic heterocycles. The Labute approximate surface area is 211 Å². The molecule has 3 aliphatic rings. The Kier molecular flexibility index (Phi) is 6.01. The molecule has 0 fully saturated rings. The number of anilines is 1. The van der Waals surface area contributed by atoms with Gasteiger partial charge in [0.05, 0.1) is 12.6 Å². The van der Waals surface area contributed by atoms with Crippen molar-refractivity contribution in [3.8, 4) is 6.07 Å². The van der Waals surface area contributed by atoms with Gasteiger partial charge in [0.2, 0.25) is 0 Å². The van der Waals surface area contributed by atoms with E-state index < -0.39 is 0 Å². The average Bonchev–Trinajstić information content (AvgIpc) is 2.76. The van der Waals surface area contributed by atoms with Crippen LogP contribution in [0.4, 0.5) is 5.69 Å². The first-order valence-electron chi connectivity index (χ1n) is 12.5. The van der Waals surface area contributed by atoms with Crippen molar-refractivity contribution in [2.24, 2.45) is 5.41 Å². The number of hydrogen-bond donors (Lipinski definition) is 0. The van der Waals surface area contributed by atoms with Crippen LogP contribution in [-0.2, 0) is 10.2 Å². The van der Waals surface area contributed by atoms with Crippen LogP contribution < -0.4 is 4.90 Å². The van der Waals surface area contributed by atoms with Crippen molar-refractivity contribution in [1.82, 2.24) is 0 Å². The van der Waals surface area contributed by atoms with E-state index in [1.54, 1.807) is 6.08 Å². The summed E-state index contributed by atoms with van der Waals surface area (Å²) in [5.41, 5.74) is 6.18. The largest absolute Gasteiger partial charge is 0.461 e. The Balaban J connectivity index is 1.78. The van der Waals surface area contributed by atoms with Crippen LogP contribution in [-0.4, -0.2) is 12.1 Å². The Morgan fingerprint density at radius 3 is 2.54 bits per heavy atom. The fourth-order valence-corrected chi connectivity index (χ4v) is 5.62. The van der Waals surface area contributed by atoms with Gasteiger partial charge in [0.25, 0.3) is 5.70 Å². The molecule has 0 saturated carbocycles. The molecule has 4 rings (SSSR count). The highest BCUT2D eigenvalue weighted by atomic mass is 16.5. The first-order chi connectivity index (χ1) is 16.3. The number of nitrogens with zero attached hydrogens (tertiary/aromatic N) is 3. The lowest BCUT2D eigenvalue weighted by Crippen LogP contribution is -2.53. The number of allylic oxidation sites excluding steroid dienone is 6. The van der Waals surface area contributed by atoms with Crippen LogP contribution >= 0.6 is 0 Å². The predicted octanol–water partition coefficient (Wildman–Crippen LogP) is 8.01. The fraction of sp³-hybridized carbons (Fsp3) is 0.484. The normalized spacial score (nSPS) is 23.9. The zero-order valence-corrected chi connectivity index (χ0v) is 22.4. The van der Waals surface area contributed by atoms with Crippen molar-refractivity contribution in [2.75, 3.05) is 11.4 Å². The van der Waals surface area contributed by atoms with Crippen LogP contribution in [0, 0.1) is 23.3 Å². The minimum atomic E-state index is -0.243. The first kappa shape index (κ1) is 24.9. The molecule has 3 heterocycles. The molecule has 0 amide bonds. The monoisotopic (exact) mass is 467 g/mol. The molecule has 0 N–H and O–H groups in total. The maximum Gasteiger partial charge on any atom is 0.269 e. The summed E-state index contributed by atoms with van der Waals surface area (Å²) < 4.78 is 6.21. The van der Waals surface area contributed by atoms with Crippen molar-refractivity contribution in [2.45, 2.75) is 85.1 Å². The molecule has 0 bridgehead atoms. The van der Waals surface area contributed by atoms with Gasteiger partial charge in [-0.25, -0.2) is 10.1 Å². The quantitative estimate of drug-likeness (QED) is 0.327. The van der Waals surface area contributed by atoms with E-state index in [4.69, 9.17) is 11.3 Å². The van der Waals surface area contributed by atoms with Gasteiger partial charge < -0.3 is 9.64 Å². The summed E-state index contributed by atoms with van der Waals surface area (Å²) in [6, 6.07) is 6.70. The highest BCUT2D eigenvalue weighted by molar-refractivity contribution is 5.72. The lowest BCUT2D eigenvalue weighted by atomic mass is 9.69. The first-order valence-corrected chi connectivity index (χ1v) is 12.5. The molecule has 1 aromatic carbocycles. The van der Waals surface area contributed by atoms with Gasteiger partial charge in [-0.05, 0) is 90.6 Å². The van der Waals surface area contributed by atoms with Gasteiger partial charge in [0.1, 0.15) is 11.5 Å². The lowest BCUT2D eigenvalue weighted by Gasteiger charge is -2.53. The summed E-state index contributed by atoms with van der Waals surface area (Å²) in [5, 5.41) is 9.43. The van der Waals surface area contributed by atoms with Crippen LogP contribution in [0.5, 0.6) is 0 Å². The van der Waals surface area contributed by atoms with E-state index in [0.717, 1.165) is 30.7 Å². The number of nitriles is 1. The van der Waals surface area contributed by atoms with Crippen LogP contribution in [0.3, 0.4) is 0 Å². The summed E-state index contributed by atoms with van der Waals surface area (Å²) in [4.78, 5) is 6.05. The third kappa shape index (κ3) is 4.55. The third-order valence-electron chi connectivity index (χ3n) is 7.67. The standard InChI is InChI=1S/C31H37N3O/c1-20-18-31(7,8)34-13-12-30(5,6)25-15-21(14-24(20)28(25)34)10-11-23-16-22(26(19-32)33-9)17-27(35-23)29(2,3)4/h10-11,14-17,20H,12-13,18H2,1-8H3. The molecular weight excluding hydrogens is 430 g/mol. The molecule has 1 aromatic rings. The van der Waals surface area contributed by atoms with Crippen LogP contribution in [0.2, 0.25) is 0 Å². The van der Waals surface area contributed by atoms with Gasteiger partial charge >= 0.3 is 0 Å². The molecule has 182 valence electrons. The molecule has 0 spiro atoms. The molecule has 0 aliphatic carbocycles. The van der Waals surface area contributed by atoms with Crippen molar-refractivity contribution in [1.29, 1.82) is 5.26 Å². The molecule has 1 unspecified atom stereocenters. The zero-order chi connectivity index (χ0) is 25.8. The molecule has 0 saturated heterocycles. The van der Waals surface area contributed by atoms with Gasteiger partial charge in [0.15, 0.2) is 0 Å². The van der Waals surface area contributed by atoms with E-state index in [9.17, 15) is 5.26 Å². The summed E-state index contributed by atoms with van der Waals surface area (Å²) in [6.07, 6.45) is 9.97. The van der Waals surface area contributed by atoms with E-state index in [0.29, 0.717) is 17.3 Å². The minimum absolute atomic E-state index is 0.0810. The third-order valence-corrected chi connectivity index (χ3v) is 7.67. The fourth-order valence-electron chi connectivity index (χ4n) is 5.62. The maximum absolute atomic E-state index is 9.43. The van der Waals surface area contributed by atoms with E-state index in [1.165, 1.54) is 16.8 Å². The zero-order valence-electron chi connectivity index (χ0n) is 22.4. The van der Waals surface area contributed by atoms with Crippen molar-refractivity contribution >= 4 is 11.8 Å². The summed E-state index contributed by atoms with van der Waals surface area (Å²) in [7, 11) is 0. The summed E-state index contributed by atoms with van der Waals surface area (Å²) >= 11 is 0. The molecule has 4 nitrogen and oxygen atoms in total. The summed E-state index contributed by atoms with van der Waals surface area (Å²) in [6.45, 7) is 26.5. The van der Waals surface area contributed by atoms with E-state index in [-0.39, 0.29) is 22.1 Å². The molecule has 0 radical (unpaired) electrons. The van der Waals surface area contributed by atoms with E-state index >= 15 is 0 Å². The maximum atomic E-state index is 9.43. The van der Waals surface area contributed by atoms with E-state index in [2.05, 4.69) is 83.3 Å². The Bertz CT molecular complexity index is 1250. The van der Waals surface area contributed by atoms with Gasteiger partial charge in [-0.3, -0.25) is 0 Å². The van der Waals surface area contributed by atoms with Gasteiger partial charge in [-0.1, -0.05) is 47.6 Å². The van der Waals surface area contributed by atoms with Crippen molar-refractivity contribution < 1.29 is 4.74 Å². The van der Waals surface area contributed by atoms with Crippen molar-refractivity contribution in [3.05, 3.63) is 81.3 Å². The lowest BCUT2D eigenvalue weighted by molar-refractivity contribution is 0.223. The highest BCUT2D eigenvalue weighted by Crippen LogP contribution is 2.52. The molecule has 4 heteroatoms. The number of ether oxygens (including phenoxy) is 1. The van der Waals surface area contributed by atoms with Gasteiger partial charge in [0, 0.05) is 23.2 Å². The van der Waals surface area contributed by atoms with Gasteiger partial charge in [-0.15, -0.1) is 0 Å². The molecule has 35 heavy (non-hydrogen) atoms. The Hall–Kier alpha value is -3.24. The average molecular weight is 468 g/mol. The smallest absolute Gasteiger partial charge is 0.269 e. The molecule has 0 aromatic heterocycles. The van der Waals surface area contributed by atoms with Gasteiger partial charge in [-0.2, -0.15) is 0 Å². The van der Waals surface area contributed by atoms with Crippen LogP contribution in [0.1, 0.15) is 90.8 Å². The number of rotatable bonds is 2. The SMILES string of the molecule is [C-]#[N+]C(C#N)=C1C=C(C=Cc2cc3c4c(c2)C(C)(C)CCN4C(C)(C)CC3C)OC(C(C)(C)C)=C1. The van der Waals surface area contributed by atoms with Crippen molar-refractivity contribution in [3.63, 3.8) is 0 Å². The second kappa shape index (κ2) is 8.46.